The lowest BCUT2D eigenvalue weighted by molar-refractivity contribution is 0.779. The van der Waals surface area contributed by atoms with Gasteiger partial charge in [-0.2, -0.15) is 0 Å². The smallest absolute Gasteiger partial charge is 0.0421 e. The molecule has 1 aromatic heterocycles. The fraction of sp³-hybridized carbons (Fsp3) is 0.500. The summed E-state index contributed by atoms with van der Waals surface area (Å²) in [5, 5.41) is 3.25. The monoisotopic (exact) mass is 179 g/mol. The minimum atomic E-state index is 0.179. The Balaban J connectivity index is 2.56. The van der Waals surface area contributed by atoms with Gasteiger partial charge < -0.3 is 11.1 Å². The number of anilines is 1. The predicted octanol–water partition coefficient (Wildman–Crippen LogP) is 1.40. The molecule has 0 spiro atoms. The zero-order valence-electron chi connectivity index (χ0n) is 8.25. The average molecular weight is 179 g/mol. The summed E-state index contributed by atoms with van der Waals surface area (Å²) in [7, 11) is 0. The SMILES string of the molecule is CCc1cc(NCC(C)N)ccn1. The van der Waals surface area contributed by atoms with Gasteiger partial charge in [-0.3, -0.25) is 4.98 Å². The number of pyridine rings is 1. The Morgan fingerprint density at radius 1 is 1.62 bits per heavy atom. The summed E-state index contributed by atoms with van der Waals surface area (Å²) in [5.74, 6) is 0. The maximum atomic E-state index is 5.63. The summed E-state index contributed by atoms with van der Waals surface area (Å²) in [6, 6.07) is 4.20. The molecule has 0 bridgehead atoms. The van der Waals surface area contributed by atoms with Crippen LogP contribution in [0.4, 0.5) is 5.69 Å². The molecule has 0 aliphatic carbocycles. The molecule has 0 aliphatic rings. The lowest BCUT2D eigenvalue weighted by atomic mass is 10.2. The minimum absolute atomic E-state index is 0.179. The summed E-state index contributed by atoms with van der Waals surface area (Å²) in [5.41, 5.74) is 7.84. The highest BCUT2D eigenvalue weighted by molar-refractivity contribution is 5.43. The molecule has 3 N–H and O–H groups in total. The van der Waals surface area contributed by atoms with Gasteiger partial charge in [0.2, 0.25) is 0 Å². The van der Waals surface area contributed by atoms with Crippen molar-refractivity contribution in [1.29, 1.82) is 0 Å². The second-order valence-corrected chi connectivity index (χ2v) is 3.25. The van der Waals surface area contributed by atoms with Crippen LogP contribution in [0.25, 0.3) is 0 Å². The Hall–Kier alpha value is -1.09. The molecule has 0 fully saturated rings. The molecule has 3 heteroatoms. The second kappa shape index (κ2) is 4.82. The van der Waals surface area contributed by atoms with E-state index < -0.39 is 0 Å². The van der Waals surface area contributed by atoms with Crippen LogP contribution in [0.5, 0.6) is 0 Å². The van der Waals surface area contributed by atoms with Crippen molar-refractivity contribution < 1.29 is 0 Å². The van der Waals surface area contributed by atoms with Gasteiger partial charge in [0.05, 0.1) is 0 Å². The van der Waals surface area contributed by atoms with Crippen LogP contribution < -0.4 is 11.1 Å². The van der Waals surface area contributed by atoms with E-state index in [1.807, 2.05) is 19.2 Å². The number of hydrogen-bond acceptors (Lipinski definition) is 3. The van der Waals surface area contributed by atoms with Crippen LogP contribution in [0, 0.1) is 0 Å². The van der Waals surface area contributed by atoms with E-state index in [1.165, 1.54) is 0 Å². The van der Waals surface area contributed by atoms with Crippen molar-refractivity contribution in [2.75, 3.05) is 11.9 Å². The number of nitrogens with one attached hydrogen (secondary N) is 1. The highest BCUT2D eigenvalue weighted by Crippen LogP contribution is 2.07. The fourth-order valence-corrected chi connectivity index (χ4v) is 1.06. The van der Waals surface area contributed by atoms with Gasteiger partial charge in [0.25, 0.3) is 0 Å². The molecule has 0 saturated carbocycles. The van der Waals surface area contributed by atoms with Crippen LogP contribution in [0.15, 0.2) is 18.3 Å². The van der Waals surface area contributed by atoms with E-state index >= 15 is 0 Å². The van der Waals surface area contributed by atoms with Crippen LogP contribution >= 0.6 is 0 Å². The van der Waals surface area contributed by atoms with E-state index in [2.05, 4.69) is 23.3 Å². The standard InChI is InChI=1S/C10H17N3/c1-3-9-6-10(4-5-12-9)13-7-8(2)11/h4-6,8H,3,7,11H2,1-2H3,(H,12,13). The Labute approximate surface area is 79.4 Å². The van der Waals surface area contributed by atoms with Gasteiger partial charge in [-0.1, -0.05) is 6.92 Å². The van der Waals surface area contributed by atoms with E-state index in [-0.39, 0.29) is 6.04 Å². The fourth-order valence-electron chi connectivity index (χ4n) is 1.06. The molecule has 1 rings (SSSR count). The lowest BCUT2D eigenvalue weighted by Gasteiger charge is -2.09. The zero-order valence-corrected chi connectivity index (χ0v) is 8.25. The topological polar surface area (TPSA) is 50.9 Å². The molecule has 0 amide bonds. The third-order valence-electron chi connectivity index (χ3n) is 1.81. The van der Waals surface area contributed by atoms with Crippen LogP contribution in [0.1, 0.15) is 19.5 Å². The van der Waals surface area contributed by atoms with Gasteiger partial charge in [-0.15, -0.1) is 0 Å². The summed E-state index contributed by atoms with van der Waals surface area (Å²) in [4.78, 5) is 4.21. The van der Waals surface area contributed by atoms with Crippen molar-refractivity contribution in [2.45, 2.75) is 26.3 Å². The van der Waals surface area contributed by atoms with Gasteiger partial charge >= 0.3 is 0 Å². The molecule has 1 aromatic rings. The minimum Gasteiger partial charge on any atom is -0.383 e. The van der Waals surface area contributed by atoms with Gasteiger partial charge in [0, 0.05) is 30.2 Å². The Morgan fingerprint density at radius 3 is 3.00 bits per heavy atom. The number of nitrogens with zero attached hydrogens (tertiary/aromatic N) is 1. The highest BCUT2D eigenvalue weighted by atomic mass is 14.9. The molecule has 0 aromatic carbocycles. The highest BCUT2D eigenvalue weighted by Gasteiger charge is 1.96. The maximum absolute atomic E-state index is 5.63. The lowest BCUT2D eigenvalue weighted by Crippen LogP contribution is -2.25. The zero-order chi connectivity index (χ0) is 9.68. The van der Waals surface area contributed by atoms with E-state index in [9.17, 15) is 0 Å². The molecule has 1 unspecified atom stereocenters. The van der Waals surface area contributed by atoms with Gasteiger partial charge in [-0.05, 0) is 25.5 Å². The first kappa shape index (κ1) is 9.99. The first-order valence-corrected chi connectivity index (χ1v) is 4.66. The summed E-state index contributed by atoms with van der Waals surface area (Å²) in [6.45, 7) is 4.87. The van der Waals surface area contributed by atoms with Crippen molar-refractivity contribution in [1.82, 2.24) is 4.98 Å². The molecule has 13 heavy (non-hydrogen) atoms. The van der Waals surface area contributed by atoms with E-state index in [4.69, 9.17) is 5.73 Å². The van der Waals surface area contributed by atoms with Crippen LogP contribution in [-0.2, 0) is 6.42 Å². The molecule has 0 saturated heterocycles. The molecule has 3 nitrogen and oxygen atoms in total. The average Bonchev–Trinajstić information content (AvgIpc) is 2.15. The Bertz CT molecular complexity index is 258. The van der Waals surface area contributed by atoms with Crippen LogP contribution in [0.3, 0.4) is 0 Å². The number of aryl methyl sites for hydroxylation is 1. The van der Waals surface area contributed by atoms with Gasteiger partial charge in [0.1, 0.15) is 0 Å². The van der Waals surface area contributed by atoms with E-state index in [0.29, 0.717) is 0 Å². The normalized spacial score (nSPS) is 12.5. The Morgan fingerprint density at radius 2 is 2.38 bits per heavy atom. The Kier molecular flexibility index (Phi) is 3.71. The first-order valence-electron chi connectivity index (χ1n) is 4.66. The summed E-state index contributed by atoms with van der Waals surface area (Å²) in [6.07, 6.45) is 2.79. The first-order chi connectivity index (χ1) is 6.22. The maximum Gasteiger partial charge on any atom is 0.0421 e. The van der Waals surface area contributed by atoms with Crippen molar-refractivity contribution in [3.05, 3.63) is 24.0 Å². The molecule has 0 radical (unpaired) electrons. The van der Waals surface area contributed by atoms with Crippen molar-refractivity contribution in [2.24, 2.45) is 5.73 Å². The second-order valence-electron chi connectivity index (χ2n) is 3.25. The summed E-state index contributed by atoms with van der Waals surface area (Å²) < 4.78 is 0. The third kappa shape index (κ3) is 3.42. The predicted molar refractivity (Wildman–Crippen MR) is 55.8 cm³/mol. The number of rotatable bonds is 4. The molecule has 0 aliphatic heterocycles. The molecule has 1 heterocycles. The van der Waals surface area contributed by atoms with Crippen molar-refractivity contribution in [3.63, 3.8) is 0 Å². The third-order valence-corrected chi connectivity index (χ3v) is 1.81. The van der Waals surface area contributed by atoms with Gasteiger partial charge in [-0.25, -0.2) is 0 Å². The van der Waals surface area contributed by atoms with E-state index in [0.717, 1.165) is 24.3 Å². The molecule has 72 valence electrons. The number of hydrogen-bond donors (Lipinski definition) is 2. The van der Waals surface area contributed by atoms with E-state index in [1.54, 1.807) is 0 Å². The molecular formula is C10H17N3. The van der Waals surface area contributed by atoms with Gasteiger partial charge in [0.15, 0.2) is 0 Å². The quantitative estimate of drug-likeness (QED) is 0.734. The molecular weight excluding hydrogens is 162 g/mol. The number of nitrogens with two attached hydrogens (primary N) is 1. The van der Waals surface area contributed by atoms with Crippen molar-refractivity contribution in [3.8, 4) is 0 Å². The summed E-state index contributed by atoms with van der Waals surface area (Å²) >= 11 is 0. The van der Waals surface area contributed by atoms with Crippen LogP contribution in [-0.4, -0.2) is 17.6 Å². The molecule has 1 atom stereocenters. The number of aromatic nitrogens is 1. The van der Waals surface area contributed by atoms with Crippen molar-refractivity contribution >= 4 is 5.69 Å². The van der Waals surface area contributed by atoms with Crippen LogP contribution in [0.2, 0.25) is 0 Å². The largest absolute Gasteiger partial charge is 0.383 e.